The molecule has 1 unspecified atom stereocenters. The van der Waals surface area contributed by atoms with Gasteiger partial charge in [0.2, 0.25) is 0 Å². The fraction of sp³-hybridized carbons (Fsp3) is 1.00. The summed E-state index contributed by atoms with van der Waals surface area (Å²) in [4.78, 5) is 2.64. The van der Waals surface area contributed by atoms with E-state index in [1.807, 2.05) is 0 Å². The van der Waals surface area contributed by atoms with Crippen LogP contribution in [-0.4, -0.2) is 30.6 Å². The zero-order valence-corrected chi connectivity index (χ0v) is 12.2. The lowest BCUT2D eigenvalue weighted by Crippen LogP contribution is -2.40. The van der Waals surface area contributed by atoms with Crippen molar-refractivity contribution in [2.24, 2.45) is 11.1 Å². The summed E-state index contributed by atoms with van der Waals surface area (Å²) in [6.45, 7) is 10.8. The highest BCUT2D eigenvalue weighted by atomic mass is 15.1. The molecule has 2 heteroatoms. The Morgan fingerprint density at radius 2 is 1.71 bits per heavy atom. The van der Waals surface area contributed by atoms with E-state index < -0.39 is 0 Å². The summed E-state index contributed by atoms with van der Waals surface area (Å²) < 4.78 is 0. The van der Waals surface area contributed by atoms with E-state index in [9.17, 15) is 0 Å². The van der Waals surface area contributed by atoms with Gasteiger partial charge < -0.3 is 10.6 Å². The number of likely N-dealkylation sites (tertiary alicyclic amines) is 1. The Morgan fingerprint density at radius 1 is 1.12 bits per heavy atom. The Labute approximate surface area is 108 Å². The first-order valence-electron chi connectivity index (χ1n) is 7.63. The highest BCUT2D eigenvalue weighted by molar-refractivity contribution is 4.83. The fourth-order valence-corrected chi connectivity index (χ4v) is 2.99. The summed E-state index contributed by atoms with van der Waals surface area (Å²) in [6.07, 6.45) is 9.12. The molecule has 2 N–H and O–H groups in total. The molecule has 1 rings (SSSR count). The van der Waals surface area contributed by atoms with E-state index in [-0.39, 0.29) is 0 Å². The zero-order chi connectivity index (χ0) is 12.7. The lowest BCUT2D eigenvalue weighted by Gasteiger charge is -2.41. The molecule has 1 heterocycles. The third-order valence-corrected chi connectivity index (χ3v) is 4.99. The molecule has 0 aromatic carbocycles. The highest BCUT2D eigenvalue weighted by Crippen LogP contribution is 2.37. The molecule has 0 radical (unpaired) electrons. The summed E-state index contributed by atoms with van der Waals surface area (Å²) in [5.74, 6) is 0. The minimum atomic E-state index is 0.421. The summed E-state index contributed by atoms with van der Waals surface area (Å²) in [5.41, 5.74) is 6.62. The summed E-state index contributed by atoms with van der Waals surface area (Å²) >= 11 is 0. The van der Waals surface area contributed by atoms with Crippen LogP contribution in [0.25, 0.3) is 0 Å². The third kappa shape index (κ3) is 4.59. The van der Waals surface area contributed by atoms with E-state index in [0.717, 1.165) is 6.42 Å². The number of hydrogen-bond acceptors (Lipinski definition) is 2. The van der Waals surface area contributed by atoms with Crippen molar-refractivity contribution >= 4 is 0 Å². The van der Waals surface area contributed by atoms with Gasteiger partial charge in [-0.2, -0.15) is 0 Å². The van der Waals surface area contributed by atoms with Crippen LogP contribution in [0.15, 0.2) is 0 Å². The molecule has 1 aliphatic heterocycles. The maximum absolute atomic E-state index is 5.96. The lowest BCUT2D eigenvalue weighted by atomic mass is 9.74. The summed E-state index contributed by atoms with van der Waals surface area (Å²) in [7, 11) is 0. The first-order chi connectivity index (χ1) is 8.15. The highest BCUT2D eigenvalue weighted by Gasteiger charge is 2.30. The van der Waals surface area contributed by atoms with Gasteiger partial charge in [-0.25, -0.2) is 0 Å². The van der Waals surface area contributed by atoms with E-state index in [0.29, 0.717) is 11.5 Å². The van der Waals surface area contributed by atoms with E-state index >= 15 is 0 Å². The van der Waals surface area contributed by atoms with Gasteiger partial charge in [0.05, 0.1) is 0 Å². The number of rotatable bonds is 7. The molecular weight excluding hydrogens is 208 g/mol. The molecule has 0 aliphatic carbocycles. The van der Waals surface area contributed by atoms with Crippen LogP contribution in [0.4, 0.5) is 0 Å². The molecule has 0 amide bonds. The first kappa shape index (κ1) is 15.0. The first-order valence-corrected chi connectivity index (χ1v) is 7.63. The molecule has 1 fully saturated rings. The minimum Gasteiger partial charge on any atom is -0.328 e. The van der Waals surface area contributed by atoms with E-state index in [1.165, 1.54) is 58.2 Å². The Kier molecular flexibility index (Phi) is 6.50. The average molecular weight is 240 g/mol. The molecule has 1 aliphatic rings. The van der Waals surface area contributed by atoms with Gasteiger partial charge in [-0.3, -0.25) is 0 Å². The third-order valence-electron chi connectivity index (χ3n) is 4.99. The fourth-order valence-electron chi connectivity index (χ4n) is 2.99. The van der Waals surface area contributed by atoms with Crippen LogP contribution in [0.5, 0.6) is 0 Å². The predicted molar refractivity (Wildman–Crippen MR) is 76.2 cm³/mol. The maximum Gasteiger partial charge on any atom is 0.00366 e. The predicted octanol–water partition coefficient (Wildman–Crippen LogP) is 3.41. The van der Waals surface area contributed by atoms with Crippen LogP contribution in [-0.2, 0) is 0 Å². The minimum absolute atomic E-state index is 0.421. The molecule has 1 atom stereocenters. The quantitative estimate of drug-likeness (QED) is 0.739. The molecule has 0 aromatic heterocycles. The maximum atomic E-state index is 5.96. The van der Waals surface area contributed by atoms with E-state index in [2.05, 4.69) is 25.7 Å². The molecule has 0 bridgehead atoms. The van der Waals surface area contributed by atoms with Gasteiger partial charge in [0.25, 0.3) is 0 Å². The van der Waals surface area contributed by atoms with Crippen molar-refractivity contribution in [3.63, 3.8) is 0 Å². The van der Waals surface area contributed by atoms with Crippen molar-refractivity contribution in [3.05, 3.63) is 0 Å². The van der Waals surface area contributed by atoms with Gasteiger partial charge in [-0.1, -0.05) is 33.6 Å². The van der Waals surface area contributed by atoms with Gasteiger partial charge in [0.1, 0.15) is 0 Å². The molecule has 0 aromatic rings. The van der Waals surface area contributed by atoms with Crippen LogP contribution >= 0.6 is 0 Å². The molecule has 2 nitrogen and oxygen atoms in total. The molecule has 17 heavy (non-hydrogen) atoms. The van der Waals surface area contributed by atoms with Crippen LogP contribution in [0.3, 0.4) is 0 Å². The SMILES string of the molecule is CCC(N)CCCN1CCC(CC)(CC)CC1. The standard InChI is InChI=1S/C15H32N2/c1-4-14(16)8-7-11-17-12-9-15(5-2,6-3)10-13-17/h14H,4-13,16H2,1-3H3. The van der Waals surface area contributed by atoms with Crippen molar-refractivity contribution in [1.29, 1.82) is 0 Å². The Hall–Kier alpha value is -0.0800. The van der Waals surface area contributed by atoms with Crippen LogP contribution in [0, 0.1) is 5.41 Å². The Balaban J connectivity index is 2.19. The number of nitrogens with zero attached hydrogens (tertiary/aromatic N) is 1. The second-order valence-electron chi connectivity index (χ2n) is 5.86. The second-order valence-corrected chi connectivity index (χ2v) is 5.86. The van der Waals surface area contributed by atoms with Gasteiger partial charge >= 0.3 is 0 Å². The van der Waals surface area contributed by atoms with Gasteiger partial charge in [0, 0.05) is 6.04 Å². The number of piperidine rings is 1. The summed E-state index contributed by atoms with van der Waals surface area (Å²) in [6, 6.07) is 0.421. The van der Waals surface area contributed by atoms with Crippen molar-refractivity contribution in [2.75, 3.05) is 19.6 Å². The molecule has 1 saturated heterocycles. The van der Waals surface area contributed by atoms with Crippen molar-refractivity contribution in [1.82, 2.24) is 4.90 Å². The lowest BCUT2D eigenvalue weighted by molar-refractivity contribution is 0.0940. The van der Waals surface area contributed by atoms with Crippen LogP contribution in [0.1, 0.15) is 65.7 Å². The molecule has 0 spiro atoms. The average Bonchev–Trinajstić information content (AvgIpc) is 2.39. The second kappa shape index (κ2) is 7.38. The van der Waals surface area contributed by atoms with Gasteiger partial charge in [-0.15, -0.1) is 0 Å². The Bertz CT molecular complexity index is 189. The molecule has 102 valence electrons. The van der Waals surface area contributed by atoms with Crippen LogP contribution < -0.4 is 5.73 Å². The van der Waals surface area contributed by atoms with Crippen molar-refractivity contribution in [2.45, 2.75) is 71.8 Å². The van der Waals surface area contributed by atoms with Crippen molar-refractivity contribution < 1.29 is 0 Å². The van der Waals surface area contributed by atoms with Gasteiger partial charge in [0.15, 0.2) is 0 Å². The molecule has 0 saturated carbocycles. The van der Waals surface area contributed by atoms with Crippen LogP contribution in [0.2, 0.25) is 0 Å². The van der Waals surface area contributed by atoms with E-state index in [1.54, 1.807) is 0 Å². The normalized spacial score (nSPS) is 22.6. The topological polar surface area (TPSA) is 29.3 Å². The summed E-state index contributed by atoms with van der Waals surface area (Å²) in [5, 5.41) is 0. The zero-order valence-electron chi connectivity index (χ0n) is 12.2. The Morgan fingerprint density at radius 3 is 2.18 bits per heavy atom. The smallest absolute Gasteiger partial charge is 0.00366 e. The largest absolute Gasteiger partial charge is 0.328 e. The van der Waals surface area contributed by atoms with Gasteiger partial charge in [-0.05, 0) is 57.2 Å². The number of nitrogens with two attached hydrogens (primary N) is 1. The molecular formula is C15H32N2. The monoisotopic (exact) mass is 240 g/mol. The number of hydrogen-bond donors (Lipinski definition) is 1. The van der Waals surface area contributed by atoms with Crippen molar-refractivity contribution in [3.8, 4) is 0 Å². The van der Waals surface area contributed by atoms with E-state index in [4.69, 9.17) is 5.73 Å².